The van der Waals surface area contributed by atoms with E-state index in [1.807, 2.05) is 50.2 Å². The molecule has 0 aliphatic rings. The van der Waals surface area contributed by atoms with Gasteiger partial charge in [0.1, 0.15) is 5.75 Å². The van der Waals surface area contributed by atoms with Gasteiger partial charge in [0.25, 0.3) is 10.0 Å². The van der Waals surface area contributed by atoms with Crippen LogP contribution in [0.3, 0.4) is 0 Å². The van der Waals surface area contributed by atoms with E-state index in [4.69, 9.17) is 4.74 Å². The summed E-state index contributed by atoms with van der Waals surface area (Å²) >= 11 is 0. The summed E-state index contributed by atoms with van der Waals surface area (Å²) in [4.78, 5) is 0.253. The monoisotopic (exact) mass is 369 g/mol. The van der Waals surface area contributed by atoms with Gasteiger partial charge in [0.2, 0.25) is 0 Å². The van der Waals surface area contributed by atoms with Crippen LogP contribution in [0.4, 0.5) is 5.69 Å². The Labute approximate surface area is 154 Å². The van der Waals surface area contributed by atoms with Gasteiger partial charge in [0, 0.05) is 0 Å². The lowest BCUT2D eigenvalue weighted by Crippen LogP contribution is -2.15. The van der Waals surface area contributed by atoms with Gasteiger partial charge in [-0.15, -0.1) is 0 Å². The Hall–Kier alpha value is -2.53. The van der Waals surface area contributed by atoms with Crippen LogP contribution in [0, 0.1) is 0 Å². The first-order chi connectivity index (χ1) is 12.5. The molecule has 3 rings (SSSR count). The van der Waals surface area contributed by atoms with E-state index in [1.165, 1.54) is 0 Å². The van der Waals surface area contributed by atoms with Crippen molar-refractivity contribution in [1.82, 2.24) is 0 Å². The average Bonchev–Trinajstić information content (AvgIpc) is 2.66. The number of para-hydroxylation sites is 1. The van der Waals surface area contributed by atoms with Gasteiger partial charge in [-0.3, -0.25) is 4.72 Å². The molecule has 3 aromatic rings. The maximum atomic E-state index is 13.0. The summed E-state index contributed by atoms with van der Waals surface area (Å²) in [6, 6.07) is 16.6. The number of aryl methyl sites for hydroxylation is 2. The number of ether oxygens (including phenoxy) is 1. The lowest BCUT2D eigenvalue weighted by Gasteiger charge is -2.16. The molecule has 0 saturated heterocycles. The van der Waals surface area contributed by atoms with Crippen LogP contribution in [0.15, 0.2) is 59.5 Å². The summed E-state index contributed by atoms with van der Waals surface area (Å²) in [7, 11) is -2.06. The molecule has 0 bridgehead atoms. The van der Waals surface area contributed by atoms with E-state index in [9.17, 15) is 8.42 Å². The highest BCUT2D eigenvalue weighted by Gasteiger charge is 2.18. The predicted molar refractivity (Wildman–Crippen MR) is 107 cm³/mol. The Morgan fingerprint density at radius 3 is 2.12 bits per heavy atom. The summed E-state index contributed by atoms with van der Waals surface area (Å²) < 4.78 is 34.0. The van der Waals surface area contributed by atoms with E-state index < -0.39 is 10.0 Å². The zero-order valence-corrected chi connectivity index (χ0v) is 16.1. The fraction of sp³-hybridized carbons (Fsp3) is 0.238. The molecule has 4 nitrogen and oxygen atoms in total. The molecule has 3 aromatic carbocycles. The molecule has 136 valence electrons. The molecule has 5 heteroatoms. The van der Waals surface area contributed by atoms with Crippen molar-refractivity contribution < 1.29 is 13.2 Å². The molecule has 0 radical (unpaired) electrons. The number of sulfonamides is 1. The minimum absolute atomic E-state index is 0.253. The highest BCUT2D eigenvalue weighted by Crippen LogP contribution is 2.28. The number of fused-ring (bicyclic) bond motifs is 1. The van der Waals surface area contributed by atoms with Crippen LogP contribution in [-0.2, 0) is 22.9 Å². The molecule has 0 aliphatic heterocycles. The second-order valence-corrected chi connectivity index (χ2v) is 7.82. The molecular formula is C21H23NO3S. The number of anilines is 1. The lowest BCUT2D eigenvalue weighted by molar-refractivity contribution is 0.415. The Bertz CT molecular complexity index is 1020. The molecule has 1 N–H and O–H groups in total. The van der Waals surface area contributed by atoms with Crippen LogP contribution in [-0.4, -0.2) is 15.5 Å². The third kappa shape index (κ3) is 3.53. The minimum Gasteiger partial charge on any atom is -0.497 e. The standard InChI is InChI=1S/C21H23NO3S/c1-4-15-7-6-8-16(5-2)21(15)22-26(23,24)20-12-10-17-13-19(25-3)11-9-18(17)14-20/h6-14,22H,4-5H2,1-3H3. The van der Waals surface area contributed by atoms with E-state index in [0.717, 1.165) is 40.5 Å². The quantitative estimate of drug-likeness (QED) is 0.681. The van der Waals surface area contributed by atoms with E-state index in [1.54, 1.807) is 25.3 Å². The van der Waals surface area contributed by atoms with Crippen molar-refractivity contribution >= 4 is 26.5 Å². The van der Waals surface area contributed by atoms with E-state index in [2.05, 4.69) is 4.72 Å². The Kier molecular flexibility index (Phi) is 5.18. The molecule has 0 heterocycles. The van der Waals surface area contributed by atoms with Gasteiger partial charge in [-0.1, -0.05) is 44.2 Å². The van der Waals surface area contributed by atoms with Gasteiger partial charge >= 0.3 is 0 Å². The van der Waals surface area contributed by atoms with Gasteiger partial charge in [0.15, 0.2) is 0 Å². The Morgan fingerprint density at radius 2 is 1.50 bits per heavy atom. The topological polar surface area (TPSA) is 55.4 Å². The minimum atomic E-state index is -3.67. The van der Waals surface area contributed by atoms with Gasteiger partial charge in [0.05, 0.1) is 17.7 Å². The summed E-state index contributed by atoms with van der Waals surface area (Å²) in [6.45, 7) is 4.05. The van der Waals surface area contributed by atoms with Gasteiger partial charge in [-0.05, 0) is 59.0 Å². The highest BCUT2D eigenvalue weighted by molar-refractivity contribution is 7.92. The molecule has 0 saturated carbocycles. The molecular weight excluding hydrogens is 346 g/mol. The SMILES string of the molecule is CCc1cccc(CC)c1NS(=O)(=O)c1ccc2cc(OC)ccc2c1. The van der Waals surface area contributed by atoms with Crippen LogP contribution >= 0.6 is 0 Å². The number of hydrogen-bond donors (Lipinski definition) is 1. The fourth-order valence-corrected chi connectivity index (χ4v) is 4.24. The zero-order chi connectivity index (χ0) is 18.7. The van der Waals surface area contributed by atoms with Crippen molar-refractivity contribution in [2.45, 2.75) is 31.6 Å². The van der Waals surface area contributed by atoms with Gasteiger partial charge < -0.3 is 4.74 Å². The number of benzene rings is 3. The molecule has 0 fully saturated rings. The maximum absolute atomic E-state index is 13.0. The number of nitrogens with one attached hydrogen (secondary N) is 1. The number of methoxy groups -OCH3 is 1. The molecule has 0 amide bonds. The van der Waals surface area contributed by atoms with Crippen molar-refractivity contribution in [3.63, 3.8) is 0 Å². The first kappa shape index (κ1) is 18.3. The molecule has 26 heavy (non-hydrogen) atoms. The first-order valence-corrected chi connectivity index (χ1v) is 10.2. The molecule has 0 spiro atoms. The van der Waals surface area contributed by atoms with Crippen molar-refractivity contribution in [1.29, 1.82) is 0 Å². The summed E-state index contributed by atoms with van der Waals surface area (Å²) in [5.74, 6) is 0.746. The normalized spacial score (nSPS) is 11.5. The predicted octanol–water partition coefficient (Wildman–Crippen LogP) is 4.77. The summed E-state index contributed by atoms with van der Waals surface area (Å²) in [5, 5.41) is 1.79. The van der Waals surface area contributed by atoms with Crippen LogP contribution in [0.1, 0.15) is 25.0 Å². The average molecular weight is 369 g/mol. The second kappa shape index (κ2) is 7.38. The molecule has 0 aromatic heterocycles. The first-order valence-electron chi connectivity index (χ1n) is 8.70. The Morgan fingerprint density at radius 1 is 0.885 bits per heavy atom. The van der Waals surface area contributed by atoms with Gasteiger partial charge in [-0.25, -0.2) is 8.42 Å². The smallest absolute Gasteiger partial charge is 0.261 e. The molecule has 0 unspecified atom stereocenters. The second-order valence-electron chi connectivity index (χ2n) is 6.14. The van der Waals surface area contributed by atoms with Crippen molar-refractivity contribution in [3.8, 4) is 5.75 Å². The maximum Gasteiger partial charge on any atom is 0.261 e. The van der Waals surface area contributed by atoms with E-state index >= 15 is 0 Å². The summed E-state index contributed by atoms with van der Waals surface area (Å²) in [5.41, 5.74) is 2.70. The number of hydrogen-bond acceptors (Lipinski definition) is 3. The van der Waals surface area contributed by atoms with Gasteiger partial charge in [-0.2, -0.15) is 0 Å². The summed E-state index contributed by atoms with van der Waals surface area (Å²) in [6.07, 6.45) is 1.53. The van der Waals surface area contributed by atoms with E-state index in [0.29, 0.717) is 5.69 Å². The Balaban J connectivity index is 2.02. The van der Waals surface area contributed by atoms with Crippen molar-refractivity contribution in [2.24, 2.45) is 0 Å². The number of rotatable bonds is 6. The van der Waals surface area contributed by atoms with Crippen molar-refractivity contribution in [3.05, 3.63) is 65.7 Å². The third-order valence-electron chi connectivity index (χ3n) is 4.56. The largest absolute Gasteiger partial charge is 0.497 e. The third-order valence-corrected chi connectivity index (χ3v) is 5.91. The van der Waals surface area contributed by atoms with E-state index in [-0.39, 0.29) is 4.90 Å². The zero-order valence-electron chi connectivity index (χ0n) is 15.2. The van der Waals surface area contributed by atoms with Crippen molar-refractivity contribution in [2.75, 3.05) is 11.8 Å². The van der Waals surface area contributed by atoms with Crippen LogP contribution in [0.2, 0.25) is 0 Å². The molecule has 0 atom stereocenters. The van der Waals surface area contributed by atoms with Crippen LogP contribution in [0.5, 0.6) is 5.75 Å². The lowest BCUT2D eigenvalue weighted by atomic mass is 10.0. The fourth-order valence-electron chi connectivity index (χ4n) is 3.06. The van der Waals surface area contributed by atoms with Crippen LogP contribution < -0.4 is 9.46 Å². The molecule has 0 aliphatic carbocycles. The van der Waals surface area contributed by atoms with Crippen LogP contribution in [0.25, 0.3) is 10.8 Å². The highest BCUT2D eigenvalue weighted by atomic mass is 32.2.